The molecule has 3 rings (SSSR count). The second-order valence-corrected chi connectivity index (χ2v) is 5.59. The number of nitrogens with zero attached hydrogens (tertiary/aromatic N) is 1. The molecule has 104 valence electrons. The van der Waals surface area contributed by atoms with Gasteiger partial charge in [0.25, 0.3) is 0 Å². The second-order valence-electron chi connectivity index (χ2n) is 5.59. The Hall–Kier alpha value is -0.200. The summed E-state index contributed by atoms with van der Waals surface area (Å²) >= 11 is 0. The molecule has 0 aliphatic carbocycles. The lowest BCUT2D eigenvalue weighted by atomic mass is 10.0. The third-order valence-corrected chi connectivity index (χ3v) is 4.18. The molecule has 3 aliphatic rings. The van der Waals surface area contributed by atoms with E-state index in [-0.39, 0.29) is 5.60 Å². The molecule has 0 aromatic carbocycles. The number of hydrogen-bond acceptors (Lipinski definition) is 5. The van der Waals surface area contributed by atoms with Crippen molar-refractivity contribution in [2.24, 2.45) is 0 Å². The summed E-state index contributed by atoms with van der Waals surface area (Å²) in [5, 5.41) is 3.41. The van der Waals surface area contributed by atoms with Gasteiger partial charge < -0.3 is 19.5 Å². The smallest absolute Gasteiger partial charge is 0.0944 e. The summed E-state index contributed by atoms with van der Waals surface area (Å²) in [5.41, 5.74) is 0.0855. The van der Waals surface area contributed by atoms with Crippen LogP contribution in [0.1, 0.15) is 12.8 Å². The fourth-order valence-electron chi connectivity index (χ4n) is 3.12. The molecule has 0 aromatic heterocycles. The van der Waals surface area contributed by atoms with Crippen molar-refractivity contribution < 1.29 is 14.2 Å². The van der Waals surface area contributed by atoms with Crippen LogP contribution in [0.25, 0.3) is 0 Å². The summed E-state index contributed by atoms with van der Waals surface area (Å²) in [4.78, 5) is 2.52. The quantitative estimate of drug-likeness (QED) is 0.761. The first-order chi connectivity index (χ1) is 8.86. The average Bonchev–Trinajstić information content (AvgIpc) is 2.86. The molecular weight excluding hydrogens is 232 g/mol. The van der Waals surface area contributed by atoms with Crippen molar-refractivity contribution in [2.75, 3.05) is 59.2 Å². The lowest BCUT2D eigenvalue weighted by molar-refractivity contribution is -0.111. The van der Waals surface area contributed by atoms with Crippen molar-refractivity contribution in [3.05, 3.63) is 0 Å². The molecule has 0 aromatic rings. The van der Waals surface area contributed by atoms with Crippen LogP contribution in [-0.4, -0.2) is 75.8 Å². The number of ether oxygens (including phenoxy) is 3. The van der Waals surface area contributed by atoms with Gasteiger partial charge in [-0.3, -0.25) is 4.90 Å². The van der Waals surface area contributed by atoms with Crippen molar-refractivity contribution in [2.45, 2.75) is 24.5 Å². The van der Waals surface area contributed by atoms with Crippen LogP contribution in [0, 0.1) is 0 Å². The van der Waals surface area contributed by atoms with Gasteiger partial charge in [0.1, 0.15) is 0 Å². The Bertz CT molecular complexity index is 263. The van der Waals surface area contributed by atoms with E-state index < -0.39 is 0 Å². The maximum absolute atomic E-state index is 5.99. The molecule has 5 heteroatoms. The number of nitrogens with one attached hydrogen (secondary N) is 1. The van der Waals surface area contributed by atoms with E-state index >= 15 is 0 Å². The van der Waals surface area contributed by atoms with Gasteiger partial charge >= 0.3 is 0 Å². The highest BCUT2D eigenvalue weighted by atomic mass is 16.6. The molecule has 0 saturated carbocycles. The van der Waals surface area contributed by atoms with Crippen LogP contribution in [0.3, 0.4) is 0 Å². The van der Waals surface area contributed by atoms with E-state index in [2.05, 4.69) is 10.2 Å². The Morgan fingerprint density at radius 1 is 1.28 bits per heavy atom. The topological polar surface area (TPSA) is 43.0 Å². The van der Waals surface area contributed by atoms with Crippen LogP contribution >= 0.6 is 0 Å². The summed E-state index contributed by atoms with van der Waals surface area (Å²) in [7, 11) is 0. The van der Waals surface area contributed by atoms with Gasteiger partial charge in [0.2, 0.25) is 0 Å². The SMILES string of the molecule is C1CC2(CN1)CN(CCC1COCCO1)CCO2. The fourth-order valence-corrected chi connectivity index (χ4v) is 3.12. The monoisotopic (exact) mass is 256 g/mol. The summed E-state index contributed by atoms with van der Waals surface area (Å²) in [5.74, 6) is 0. The minimum Gasteiger partial charge on any atom is -0.376 e. The lowest BCUT2D eigenvalue weighted by Crippen LogP contribution is -2.53. The minimum atomic E-state index is 0.0855. The lowest BCUT2D eigenvalue weighted by Gasteiger charge is -2.40. The van der Waals surface area contributed by atoms with Crippen LogP contribution < -0.4 is 5.32 Å². The molecular formula is C13H24N2O3. The van der Waals surface area contributed by atoms with Gasteiger partial charge in [0, 0.05) is 26.2 Å². The highest BCUT2D eigenvalue weighted by molar-refractivity contribution is 4.94. The van der Waals surface area contributed by atoms with Gasteiger partial charge in [-0.05, 0) is 19.4 Å². The zero-order valence-electron chi connectivity index (χ0n) is 11.0. The maximum atomic E-state index is 5.99. The van der Waals surface area contributed by atoms with Crippen LogP contribution in [-0.2, 0) is 14.2 Å². The Morgan fingerprint density at radius 2 is 2.28 bits per heavy atom. The maximum Gasteiger partial charge on any atom is 0.0944 e. The Balaban J connectivity index is 1.44. The number of morpholine rings is 1. The molecule has 0 radical (unpaired) electrons. The molecule has 3 fully saturated rings. The first kappa shape index (κ1) is 12.8. The number of rotatable bonds is 3. The molecule has 3 aliphatic heterocycles. The van der Waals surface area contributed by atoms with E-state index in [0.29, 0.717) is 6.10 Å². The number of hydrogen-bond donors (Lipinski definition) is 1. The van der Waals surface area contributed by atoms with Crippen molar-refractivity contribution >= 4 is 0 Å². The molecule has 18 heavy (non-hydrogen) atoms. The van der Waals surface area contributed by atoms with Gasteiger partial charge in [-0.2, -0.15) is 0 Å². The highest BCUT2D eigenvalue weighted by Gasteiger charge is 2.39. The predicted octanol–water partition coefficient (Wildman–Crippen LogP) is -0.144. The van der Waals surface area contributed by atoms with Gasteiger partial charge in [-0.25, -0.2) is 0 Å². The average molecular weight is 256 g/mol. The molecule has 5 nitrogen and oxygen atoms in total. The zero-order chi connectivity index (χ0) is 12.3. The van der Waals surface area contributed by atoms with E-state index in [1.807, 2.05) is 0 Å². The van der Waals surface area contributed by atoms with E-state index in [9.17, 15) is 0 Å². The predicted molar refractivity (Wildman–Crippen MR) is 67.8 cm³/mol. The fraction of sp³-hybridized carbons (Fsp3) is 1.00. The first-order valence-corrected chi connectivity index (χ1v) is 7.13. The van der Waals surface area contributed by atoms with Crippen LogP contribution in [0.2, 0.25) is 0 Å². The van der Waals surface area contributed by atoms with Crippen LogP contribution in [0.5, 0.6) is 0 Å². The largest absolute Gasteiger partial charge is 0.376 e. The second kappa shape index (κ2) is 5.84. The first-order valence-electron chi connectivity index (χ1n) is 7.13. The van der Waals surface area contributed by atoms with Crippen LogP contribution in [0.15, 0.2) is 0 Å². The normalized spacial score (nSPS) is 38.3. The Morgan fingerprint density at radius 3 is 3.06 bits per heavy atom. The molecule has 0 amide bonds. The van der Waals surface area contributed by atoms with E-state index in [1.54, 1.807) is 0 Å². The van der Waals surface area contributed by atoms with Gasteiger partial charge in [0.15, 0.2) is 0 Å². The van der Waals surface area contributed by atoms with E-state index in [0.717, 1.165) is 72.0 Å². The van der Waals surface area contributed by atoms with Gasteiger partial charge in [-0.1, -0.05) is 0 Å². The molecule has 2 atom stereocenters. The summed E-state index contributed by atoms with van der Waals surface area (Å²) in [6, 6.07) is 0. The minimum absolute atomic E-state index is 0.0855. The van der Waals surface area contributed by atoms with Crippen LogP contribution in [0.4, 0.5) is 0 Å². The molecule has 2 unspecified atom stereocenters. The Labute approximate surface area is 109 Å². The molecule has 0 bridgehead atoms. The van der Waals surface area contributed by atoms with Crippen molar-refractivity contribution in [3.63, 3.8) is 0 Å². The van der Waals surface area contributed by atoms with Gasteiger partial charge in [0.05, 0.1) is 38.1 Å². The zero-order valence-corrected chi connectivity index (χ0v) is 11.0. The summed E-state index contributed by atoms with van der Waals surface area (Å²) < 4.78 is 17.1. The Kier molecular flexibility index (Phi) is 4.16. The molecule has 3 saturated heterocycles. The third kappa shape index (κ3) is 3.03. The molecule has 1 spiro atoms. The van der Waals surface area contributed by atoms with Crippen molar-refractivity contribution in [3.8, 4) is 0 Å². The van der Waals surface area contributed by atoms with E-state index in [1.165, 1.54) is 0 Å². The molecule has 3 heterocycles. The standard InChI is InChI=1S/C13H24N2O3/c1(12-9-16-7-8-17-12)4-15-5-6-18-13(11-15)2-3-14-10-13/h12,14H,1-11H2. The van der Waals surface area contributed by atoms with Crippen molar-refractivity contribution in [1.82, 2.24) is 10.2 Å². The molecule has 1 N–H and O–H groups in total. The summed E-state index contributed by atoms with van der Waals surface area (Å²) in [6.07, 6.45) is 2.51. The van der Waals surface area contributed by atoms with Gasteiger partial charge in [-0.15, -0.1) is 0 Å². The third-order valence-electron chi connectivity index (χ3n) is 4.18. The van der Waals surface area contributed by atoms with Crippen molar-refractivity contribution in [1.29, 1.82) is 0 Å². The van der Waals surface area contributed by atoms with E-state index in [4.69, 9.17) is 14.2 Å². The summed E-state index contributed by atoms with van der Waals surface area (Å²) in [6.45, 7) is 8.44. The highest BCUT2D eigenvalue weighted by Crippen LogP contribution is 2.24.